The molecule has 2 aromatic heterocycles. The summed E-state index contributed by atoms with van der Waals surface area (Å²) >= 11 is 1.52. The van der Waals surface area contributed by atoms with Gasteiger partial charge in [0.2, 0.25) is 0 Å². The Kier molecular flexibility index (Phi) is 6.96. The fourth-order valence-corrected chi connectivity index (χ4v) is 4.62. The molecular formula is C23H29N5O3S. The van der Waals surface area contributed by atoms with Crippen molar-refractivity contribution < 1.29 is 14.3 Å². The molecular weight excluding hydrogens is 426 g/mol. The van der Waals surface area contributed by atoms with Gasteiger partial charge in [-0.2, -0.15) is 5.10 Å². The van der Waals surface area contributed by atoms with Crippen LogP contribution in [0.4, 0.5) is 10.8 Å². The molecule has 3 heterocycles. The van der Waals surface area contributed by atoms with Crippen LogP contribution in [0.25, 0.3) is 0 Å². The van der Waals surface area contributed by atoms with Crippen LogP contribution < -0.4 is 19.7 Å². The average molecular weight is 456 g/mol. The van der Waals surface area contributed by atoms with Gasteiger partial charge in [0.15, 0.2) is 5.82 Å². The summed E-state index contributed by atoms with van der Waals surface area (Å²) in [4.78, 5) is 18.0. The van der Waals surface area contributed by atoms with Gasteiger partial charge in [-0.3, -0.25) is 9.89 Å². The number of hydrogen-bond donors (Lipinski definition) is 2. The van der Waals surface area contributed by atoms with Crippen LogP contribution in [0.5, 0.6) is 11.5 Å². The number of nitrogens with one attached hydrogen (secondary N) is 2. The van der Waals surface area contributed by atoms with Crippen molar-refractivity contribution in [3.63, 3.8) is 0 Å². The maximum Gasteiger partial charge on any atom is 0.267 e. The van der Waals surface area contributed by atoms with Crippen molar-refractivity contribution >= 4 is 28.1 Å². The lowest BCUT2D eigenvalue weighted by Crippen LogP contribution is -2.44. The summed E-state index contributed by atoms with van der Waals surface area (Å²) in [7, 11) is 5.42. The second-order valence-corrected chi connectivity index (χ2v) is 8.94. The predicted octanol–water partition coefficient (Wildman–Crippen LogP) is 3.28. The van der Waals surface area contributed by atoms with Crippen LogP contribution in [0.15, 0.2) is 36.4 Å². The molecule has 1 aliphatic heterocycles. The van der Waals surface area contributed by atoms with E-state index < -0.39 is 0 Å². The Hall–Kier alpha value is -3.04. The third-order valence-corrected chi connectivity index (χ3v) is 6.74. The van der Waals surface area contributed by atoms with Crippen molar-refractivity contribution in [1.82, 2.24) is 15.1 Å². The van der Waals surface area contributed by atoms with Gasteiger partial charge in [0.25, 0.3) is 5.91 Å². The summed E-state index contributed by atoms with van der Waals surface area (Å²) < 4.78 is 10.7. The molecule has 9 heteroatoms. The van der Waals surface area contributed by atoms with E-state index in [0.717, 1.165) is 66.8 Å². The number of aryl methyl sites for hydroxylation is 2. The SMILES string of the molecule is COc1cc(CCc2cc(NC(=O)c3ccc(N4CCN(C)CC4)s3)n[nH]2)cc(OC)c1. The van der Waals surface area contributed by atoms with Gasteiger partial charge in [-0.15, -0.1) is 11.3 Å². The molecule has 1 saturated heterocycles. The first kappa shape index (κ1) is 22.2. The van der Waals surface area contributed by atoms with Crippen LogP contribution in [0.3, 0.4) is 0 Å². The number of methoxy groups -OCH3 is 2. The number of carbonyl (C=O) groups is 1. The number of thiophene rings is 1. The molecule has 0 radical (unpaired) electrons. The number of benzene rings is 1. The minimum atomic E-state index is -0.133. The van der Waals surface area contributed by atoms with Crippen molar-refractivity contribution in [2.75, 3.05) is 57.7 Å². The fraction of sp³-hybridized carbons (Fsp3) is 0.391. The number of piperazine rings is 1. The van der Waals surface area contributed by atoms with Crippen molar-refractivity contribution in [3.8, 4) is 11.5 Å². The second-order valence-electron chi connectivity index (χ2n) is 7.88. The Morgan fingerprint density at radius 2 is 1.78 bits per heavy atom. The number of amides is 1. The molecule has 0 unspecified atom stereocenters. The molecule has 1 fully saturated rings. The van der Waals surface area contributed by atoms with Gasteiger partial charge in [0, 0.05) is 44.0 Å². The Morgan fingerprint density at radius 3 is 2.47 bits per heavy atom. The van der Waals surface area contributed by atoms with E-state index in [1.807, 2.05) is 36.4 Å². The van der Waals surface area contributed by atoms with E-state index in [1.54, 1.807) is 14.2 Å². The van der Waals surface area contributed by atoms with Gasteiger partial charge in [-0.25, -0.2) is 0 Å². The summed E-state index contributed by atoms with van der Waals surface area (Å²) in [6, 6.07) is 11.6. The van der Waals surface area contributed by atoms with E-state index in [-0.39, 0.29) is 5.91 Å². The summed E-state index contributed by atoms with van der Waals surface area (Å²) in [5.74, 6) is 1.93. The normalized spacial score (nSPS) is 14.4. The highest BCUT2D eigenvalue weighted by Crippen LogP contribution is 2.28. The van der Waals surface area contributed by atoms with E-state index >= 15 is 0 Å². The summed E-state index contributed by atoms with van der Waals surface area (Å²) in [5, 5.41) is 11.3. The van der Waals surface area contributed by atoms with Gasteiger partial charge in [-0.05, 0) is 49.7 Å². The summed E-state index contributed by atoms with van der Waals surface area (Å²) in [6.45, 7) is 4.05. The van der Waals surface area contributed by atoms with Crippen molar-refractivity contribution in [3.05, 3.63) is 52.5 Å². The molecule has 0 bridgehead atoms. The largest absolute Gasteiger partial charge is 0.497 e. The molecule has 1 aromatic carbocycles. The zero-order chi connectivity index (χ0) is 22.5. The molecule has 0 atom stereocenters. The first-order valence-corrected chi connectivity index (χ1v) is 11.5. The van der Waals surface area contributed by atoms with E-state index in [4.69, 9.17) is 9.47 Å². The first-order chi connectivity index (χ1) is 15.5. The number of H-pyrrole nitrogens is 1. The number of anilines is 2. The quantitative estimate of drug-likeness (QED) is 0.543. The number of ether oxygens (including phenoxy) is 2. The Morgan fingerprint density at radius 1 is 1.06 bits per heavy atom. The van der Waals surface area contributed by atoms with Crippen molar-refractivity contribution in [2.45, 2.75) is 12.8 Å². The molecule has 8 nitrogen and oxygen atoms in total. The third-order valence-electron chi connectivity index (χ3n) is 5.60. The topological polar surface area (TPSA) is 82.7 Å². The highest BCUT2D eigenvalue weighted by Gasteiger charge is 2.18. The fourth-order valence-electron chi connectivity index (χ4n) is 3.67. The highest BCUT2D eigenvalue weighted by atomic mass is 32.1. The van der Waals surface area contributed by atoms with Gasteiger partial charge in [0.05, 0.1) is 24.1 Å². The maximum absolute atomic E-state index is 12.7. The highest BCUT2D eigenvalue weighted by molar-refractivity contribution is 7.18. The first-order valence-electron chi connectivity index (χ1n) is 10.6. The number of likely N-dealkylation sites (N-methyl/N-ethyl adjacent to an activating group) is 1. The predicted molar refractivity (Wildman–Crippen MR) is 128 cm³/mol. The standard InChI is InChI=1S/C23H29N5O3S/c1-27-8-10-28(11-9-27)22-7-6-20(32-22)23(29)24-21-14-17(25-26-21)5-4-16-12-18(30-2)15-19(13-16)31-3/h6-7,12-15H,4-5,8-11H2,1-3H3,(H2,24,25,26,29). The smallest absolute Gasteiger partial charge is 0.267 e. The van der Waals surface area contributed by atoms with Crippen LogP contribution in [-0.4, -0.2) is 68.5 Å². The molecule has 0 spiro atoms. The monoisotopic (exact) mass is 455 g/mol. The Balaban J connectivity index is 1.33. The lowest BCUT2D eigenvalue weighted by Gasteiger charge is -2.32. The van der Waals surface area contributed by atoms with Crippen LogP contribution in [0.2, 0.25) is 0 Å². The molecule has 2 N–H and O–H groups in total. The summed E-state index contributed by atoms with van der Waals surface area (Å²) in [5.41, 5.74) is 2.06. The zero-order valence-corrected chi connectivity index (χ0v) is 19.5. The Labute approximate surface area is 192 Å². The minimum Gasteiger partial charge on any atom is -0.497 e. The van der Waals surface area contributed by atoms with E-state index in [0.29, 0.717) is 10.7 Å². The third kappa shape index (κ3) is 5.41. The zero-order valence-electron chi connectivity index (χ0n) is 18.7. The number of rotatable bonds is 8. The number of aromatic amines is 1. The van der Waals surface area contributed by atoms with E-state index in [9.17, 15) is 4.79 Å². The van der Waals surface area contributed by atoms with Crippen LogP contribution in [-0.2, 0) is 12.8 Å². The molecule has 1 aliphatic rings. The van der Waals surface area contributed by atoms with E-state index in [1.165, 1.54) is 11.3 Å². The van der Waals surface area contributed by atoms with Crippen molar-refractivity contribution in [1.29, 1.82) is 0 Å². The lowest BCUT2D eigenvalue weighted by atomic mass is 10.1. The number of hydrogen-bond acceptors (Lipinski definition) is 7. The van der Waals surface area contributed by atoms with Crippen LogP contribution >= 0.6 is 11.3 Å². The molecule has 3 aromatic rings. The van der Waals surface area contributed by atoms with Gasteiger partial charge < -0.3 is 24.6 Å². The average Bonchev–Trinajstić information content (AvgIpc) is 3.48. The van der Waals surface area contributed by atoms with E-state index in [2.05, 4.69) is 32.4 Å². The lowest BCUT2D eigenvalue weighted by molar-refractivity contribution is 0.103. The van der Waals surface area contributed by atoms with Gasteiger partial charge in [0.1, 0.15) is 11.5 Å². The maximum atomic E-state index is 12.7. The number of nitrogens with zero attached hydrogens (tertiary/aromatic N) is 3. The molecule has 170 valence electrons. The number of carbonyl (C=O) groups excluding carboxylic acids is 1. The second kappa shape index (κ2) is 10.1. The molecule has 32 heavy (non-hydrogen) atoms. The van der Waals surface area contributed by atoms with Gasteiger partial charge >= 0.3 is 0 Å². The van der Waals surface area contributed by atoms with Gasteiger partial charge in [-0.1, -0.05) is 0 Å². The van der Waals surface area contributed by atoms with Crippen LogP contribution in [0.1, 0.15) is 20.9 Å². The molecule has 0 aliphatic carbocycles. The Bertz CT molecular complexity index is 1030. The molecule has 4 rings (SSSR count). The molecule has 1 amide bonds. The minimum absolute atomic E-state index is 0.133. The summed E-state index contributed by atoms with van der Waals surface area (Å²) in [6.07, 6.45) is 1.55. The molecule has 0 saturated carbocycles. The number of aromatic nitrogens is 2. The van der Waals surface area contributed by atoms with Crippen LogP contribution in [0, 0.1) is 0 Å². The van der Waals surface area contributed by atoms with Crippen molar-refractivity contribution in [2.24, 2.45) is 0 Å².